The largest absolute Gasteiger partial charge is 0.207 e. The molecule has 0 radical (unpaired) electrons. The number of rotatable bonds is 3. The second-order valence-electron chi connectivity index (χ2n) is 5.18. The van der Waals surface area contributed by atoms with E-state index in [4.69, 9.17) is 11.6 Å². The smallest absolute Gasteiger partial charge is 0.123 e. The number of alkyl halides is 1. The Morgan fingerprint density at radius 2 is 1.53 bits per heavy atom. The zero-order valence-corrected chi connectivity index (χ0v) is 12.2. The third-order valence-electron chi connectivity index (χ3n) is 3.40. The minimum Gasteiger partial charge on any atom is -0.207 e. The molecule has 2 rings (SSSR count). The summed E-state index contributed by atoms with van der Waals surface area (Å²) >= 11 is 6.50. The number of hydrogen-bond acceptors (Lipinski definition) is 0. The molecule has 1 unspecified atom stereocenters. The van der Waals surface area contributed by atoms with Gasteiger partial charge in [-0.1, -0.05) is 44.2 Å². The summed E-state index contributed by atoms with van der Waals surface area (Å²) < 4.78 is 13.1. The van der Waals surface area contributed by atoms with Gasteiger partial charge in [-0.15, -0.1) is 11.6 Å². The fraction of sp³-hybridized carbons (Fsp3) is 0.294. The van der Waals surface area contributed by atoms with Crippen LogP contribution in [0.2, 0.25) is 0 Å². The second kappa shape index (κ2) is 5.75. The van der Waals surface area contributed by atoms with Crippen LogP contribution in [0.4, 0.5) is 4.39 Å². The topological polar surface area (TPSA) is 0 Å². The summed E-state index contributed by atoms with van der Waals surface area (Å²) in [5.41, 5.74) is 4.18. The summed E-state index contributed by atoms with van der Waals surface area (Å²) in [6, 6.07) is 13.1. The average molecular weight is 277 g/mol. The van der Waals surface area contributed by atoms with Crippen LogP contribution in [0.25, 0.3) is 0 Å². The molecule has 0 fully saturated rings. The first-order chi connectivity index (χ1) is 8.99. The minimum atomic E-state index is -0.234. The number of benzene rings is 2. The van der Waals surface area contributed by atoms with E-state index >= 15 is 0 Å². The lowest BCUT2D eigenvalue weighted by molar-refractivity contribution is 0.625. The van der Waals surface area contributed by atoms with Gasteiger partial charge in [0.05, 0.1) is 5.38 Å². The summed E-state index contributed by atoms with van der Waals surface area (Å²) in [6.07, 6.45) is 0. The highest BCUT2D eigenvalue weighted by Gasteiger charge is 2.13. The van der Waals surface area contributed by atoms with Crippen LogP contribution in [0, 0.1) is 12.7 Å². The fourth-order valence-corrected chi connectivity index (χ4v) is 2.54. The molecule has 0 saturated heterocycles. The zero-order valence-electron chi connectivity index (χ0n) is 11.5. The van der Waals surface area contributed by atoms with Gasteiger partial charge in [0, 0.05) is 0 Å². The maximum Gasteiger partial charge on any atom is 0.123 e. The van der Waals surface area contributed by atoms with E-state index in [0.717, 1.165) is 16.7 Å². The molecule has 0 aliphatic rings. The van der Waals surface area contributed by atoms with Crippen LogP contribution in [0.3, 0.4) is 0 Å². The first-order valence-electron chi connectivity index (χ1n) is 6.49. The van der Waals surface area contributed by atoms with Gasteiger partial charge in [-0.05, 0) is 47.2 Å². The number of hydrogen-bond donors (Lipinski definition) is 0. The Morgan fingerprint density at radius 3 is 2.05 bits per heavy atom. The summed E-state index contributed by atoms with van der Waals surface area (Å²) in [6.45, 7) is 6.21. The molecular formula is C17H18ClF. The molecule has 100 valence electrons. The van der Waals surface area contributed by atoms with Crippen molar-refractivity contribution in [1.82, 2.24) is 0 Å². The Bertz CT molecular complexity index is 558. The first-order valence-corrected chi connectivity index (χ1v) is 6.92. The average Bonchev–Trinajstić information content (AvgIpc) is 2.38. The fourth-order valence-electron chi connectivity index (χ4n) is 2.15. The van der Waals surface area contributed by atoms with Gasteiger partial charge in [0.2, 0.25) is 0 Å². The normalized spacial score (nSPS) is 12.7. The van der Waals surface area contributed by atoms with Crippen molar-refractivity contribution in [2.75, 3.05) is 0 Å². The summed E-state index contributed by atoms with van der Waals surface area (Å²) in [7, 11) is 0. The van der Waals surface area contributed by atoms with Crippen molar-refractivity contribution in [3.63, 3.8) is 0 Å². The molecule has 2 aromatic carbocycles. The molecule has 0 amide bonds. The predicted octanol–water partition coefficient (Wildman–Crippen LogP) is 5.59. The Kier molecular flexibility index (Phi) is 4.26. The highest BCUT2D eigenvalue weighted by atomic mass is 35.5. The standard InChI is InChI=1S/C17H18ClF/c1-11(2)13-4-6-14(7-5-13)17(18)16-9-8-15(19)10-12(16)3/h4-11,17H,1-3H3. The Labute approximate surface area is 119 Å². The van der Waals surface area contributed by atoms with E-state index < -0.39 is 0 Å². The molecule has 0 spiro atoms. The van der Waals surface area contributed by atoms with Crippen molar-refractivity contribution in [2.45, 2.75) is 32.1 Å². The van der Waals surface area contributed by atoms with Crippen molar-refractivity contribution in [2.24, 2.45) is 0 Å². The van der Waals surface area contributed by atoms with Crippen LogP contribution in [0.5, 0.6) is 0 Å². The Balaban J connectivity index is 2.30. The van der Waals surface area contributed by atoms with Crippen LogP contribution >= 0.6 is 11.6 Å². The summed E-state index contributed by atoms with van der Waals surface area (Å²) in [4.78, 5) is 0. The van der Waals surface area contributed by atoms with Crippen molar-refractivity contribution < 1.29 is 4.39 Å². The van der Waals surface area contributed by atoms with E-state index in [1.165, 1.54) is 17.7 Å². The molecule has 0 bridgehead atoms. The van der Waals surface area contributed by atoms with Gasteiger partial charge in [0.1, 0.15) is 5.82 Å². The predicted molar refractivity (Wildman–Crippen MR) is 79.4 cm³/mol. The van der Waals surface area contributed by atoms with Crippen molar-refractivity contribution in [3.05, 3.63) is 70.5 Å². The summed E-state index contributed by atoms with van der Waals surface area (Å²) in [5.74, 6) is 0.288. The van der Waals surface area contributed by atoms with Crippen molar-refractivity contribution in [1.29, 1.82) is 0 Å². The van der Waals surface area contributed by atoms with Gasteiger partial charge in [-0.3, -0.25) is 0 Å². The van der Waals surface area contributed by atoms with Gasteiger partial charge < -0.3 is 0 Å². The third-order valence-corrected chi connectivity index (χ3v) is 3.89. The highest BCUT2D eigenvalue weighted by Crippen LogP contribution is 2.32. The lowest BCUT2D eigenvalue weighted by Gasteiger charge is -2.14. The second-order valence-corrected chi connectivity index (χ2v) is 5.62. The molecule has 2 heteroatoms. The number of halogens is 2. The van der Waals surface area contributed by atoms with Gasteiger partial charge >= 0.3 is 0 Å². The van der Waals surface area contributed by atoms with Crippen LogP contribution in [-0.2, 0) is 0 Å². The Morgan fingerprint density at radius 1 is 0.947 bits per heavy atom. The molecule has 1 atom stereocenters. The molecule has 0 saturated carbocycles. The zero-order chi connectivity index (χ0) is 14.0. The molecule has 0 aromatic heterocycles. The van der Waals surface area contributed by atoms with Crippen molar-refractivity contribution >= 4 is 11.6 Å². The van der Waals surface area contributed by atoms with Gasteiger partial charge in [0.25, 0.3) is 0 Å². The molecule has 0 N–H and O–H groups in total. The van der Waals surface area contributed by atoms with Crippen LogP contribution < -0.4 is 0 Å². The molecule has 0 aliphatic heterocycles. The monoisotopic (exact) mass is 276 g/mol. The van der Waals surface area contributed by atoms with Crippen molar-refractivity contribution in [3.8, 4) is 0 Å². The van der Waals surface area contributed by atoms with Crippen LogP contribution in [-0.4, -0.2) is 0 Å². The van der Waals surface area contributed by atoms with E-state index in [1.807, 2.05) is 6.92 Å². The lowest BCUT2D eigenvalue weighted by atomic mass is 9.96. The maximum atomic E-state index is 13.1. The van der Waals surface area contributed by atoms with Gasteiger partial charge in [0.15, 0.2) is 0 Å². The SMILES string of the molecule is Cc1cc(F)ccc1C(Cl)c1ccc(C(C)C)cc1. The van der Waals surface area contributed by atoms with E-state index in [2.05, 4.69) is 38.1 Å². The first kappa shape index (κ1) is 14.1. The number of aryl methyl sites for hydroxylation is 1. The van der Waals surface area contributed by atoms with Gasteiger partial charge in [-0.2, -0.15) is 0 Å². The van der Waals surface area contributed by atoms with E-state index in [1.54, 1.807) is 6.07 Å². The molecule has 0 heterocycles. The summed E-state index contributed by atoms with van der Waals surface area (Å²) in [5, 5.41) is -0.234. The molecule has 19 heavy (non-hydrogen) atoms. The van der Waals surface area contributed by atoms with Gasteiger partial charge in [-0.25, -0.2) is 4.39 Å². The Hall–Kier alpha value is -1.34. The molecular weight excluding hydrogens is 259 g/mol. The molecule has 2 aromatic rings. The third kappa shape index (κ3) is 3.16. The van der Waals surface area contributed by atoms with E-state index in [9.17, 15) is 4.39 Å². The van der Waals surface area contributed by atoms with Crippen LogP contribution in [0.1, 0.15) is 47.4 Å². The molecule has 0 nitrogen and oxygen atoms in total. The maximum absolute atomic E-state index is 13.1. The van der Waals surface area contributed by atoms with E-state index in [-0.39, 0.29) is 11.2 Å². The molecule has 0 aliphatic carbocycles. The quantitative estimate of drug-likeness (QED) is 0.642. The van der Waals surface area contributed by atoms with E-state index in [0.29, 0.717) is 5.92 Å². The lowest BCUT2D eigenvalue weighted by Crippen LogP contribution is -1.98. The van der Waals surface area contributed by atoms with Crippen LogP contribution in [0.15, 0.2) is 42.5 Å². The highest BCUT2D eigenvalue weighted by molar-refractivity contribution is 6.22. The minimum absolute atomic E-state index is 0.222.